The van der Waals surface area contributed by atoms with Gasteiger partial charge in [0, 0.05) is 19.1 Å². The van der Waals surface area contributed by atoms with E-state index >= 15 is 0 Å². The lowest BCUT2D eigenvalue weighted by Crippen LogP contribution is -2.40. The average molecular weight is 407 g/mol. The third-order valence-electron chi connectivity index (χ3n) is 7.45. The Balaban J connectivity index is 0.00000225. The second-order valence-electron chi connectivity index (χ2n) is 9.00. The number of ether oxygens (including phenoxy) is 1. The Morgan fingerprint density at radius 3 is 2.46 bits per heavy atom. The van der Waals surface area contributed by atoms with Gasteiger partial charge < -0.3 is 15.0 Å². The van der Waals surface area contributed by atoms with Crippen LogP contribution in [0.3, 0.4) is 0 Å². The minimum atomic E-state index is 0. The number of likely N-dealkylation sites (tertiary alicyclic amines) is 1. The Labute approximate surface area is 178 Å². The smallest absolute Gasteiger partial charge is 0.122 e. The first-order chi connectivity index (χ1) is 13.3. The third-order valence-corrected chi connectivity index (χ3v) is 7.45. The maximum absolute atomic E-state index is 5.58. The highest BCUT2D eigenvalue weighted by Crippen LogP contribution is 2.36. The molecular weight excluding hydrogens is 368 g/mol. The molecule has 3 aliphatic rings. The van der Waals surface area contributed by atoms with Crippen molar-refractivity contribution >= 4 is 12.4 Å². The molecule has 3 nitrogen and oxygen atoms in total. The lowest BCUT2D eigenvalue weighted by Gasteiger charge is -2.38. The van der Waals surface area contributed by atoms with Crippen molar-refractivity contribution < 1.29 is 4.74 Å². The van der Waals surface area contributed by atoms with E-state index < -0.39 is 0 Å². The van der Waals surface area contributed by atoms with Crippen molar-refractivity contribution in [2.24, 2.45) is 11.8 Å². The van der Waals surface area contributed by atoms with Gasteiger partial charge in [0.05, 0.1) is 7.11 Å². The lowest BCUT2D eigenvalue weighted by atomic mass is 9.76. The molecule has 1 aliphatic heterocycles. The van der Waals surface area contributed by atoms with E-state index in [0.29, 0.717) is 6.04 Å². The molecule has 1 aromatic carbocycles. The molecule has 2 fully saturated rings. The van der Waals surface area contributed by atoms with Crippen molar-refractivity contribution in [1.82, 2.24) is 10.2 Å². The number of rotatable bonds is 6. The number of hydrogen-bond donors (Lipinski definition) is 1. The SMILES string of the molecule is COc1cccc2c1CCCC2NCCN1CCC(C2CCCCC2)CC1.Cl. The van der Waals surface area contributed by atoms with Gasteiger partial charge in [-0.2, -0.15) is 0 Å². The van der Waals surface area contributed by atoms with E-state index in [0.717, 1.165) is 30.6 Å². The Morgan fingerprint density at radius 2 is 1.71 bits per heavy atom. The first-order valence-corrected chi connectivity index (χ1v) is 11.5. The molecule has 1 atom stereocenters. The third kappa shape index (κ3) is 5.23. The van der Waals surface area contributed by atoms with Gasteiger partial charge in [0.25, 0.3) is 0 Å². The molecule has 0 amide bonds. The number of hydrogen-bond acceptors (Lipinski definition) is 3. The van der Waals surface area contributed by atoms with Crippen LogP contribution >= 0.6 is 12.4 Å². The molecule has 0 spiro atoms. The molecule has 1 N–H and O–H groups in total. The molecule has 1 saturated heterocycles. The predicted octanol–water partition coefficient (Wildman–Crippen LogP) is 5.38. The molecule has 0 bridgehead atoms. The molecule has 0 aromatic heterocycles. The summed E-state index contributed by atoms with van der Waals surface area (Å²) in [7, 11) is 1.80. The number of nitrogens with one attached hydrogen (secondary N) is 1. The van der Waals surface area contributed by atoms with Crippen LogP contribution in [0.4, 0.5) is 0 Å². The van der Waals surface area contributed by atoms with E-state index in [1.165, 1.54) is 88.5 Å². The molecular formula is C24H39ClN2O. The Morgan fingerprint density at radius 1 is 0.964 bits per heavy atom. The highest BCUT2D eigenvalue weighted by molar-refractivity contribution is 5.85. The van der Waals surface area contributed by atoms with Crippen molar-refractivity contribution in [2.75, 3.05) is 33.3 Å². The fourth-order valence-electron chi connectivity index (χ4n) is 5.87. The standard InChI is InChI=1S/C24H38N2O.ClH/c1-27-24-12-6-9-21-22(24)10-5-11-23(21)25-15-18-26-16-13-20(14-17-26)19-7-3-2-4-8-19;/h6,9,12,19-20,23,25H,2-5,7-8,10-11,13-18H2,1H3;1H. The van der Waals surface area contributed by atoms with Gasteiger partial charge in [0.1, 0.15) is 5.75 Å². The van der Waals surface area contributed by atoms with E-state index in [-0.39, 0.29) is 12.4 Å². The van der Waals surface area contributed by atoms with Crippen LogP contribution in [0.15, 0.2) is 18.2 Å². The maximum atomic E-state index is 5.58. The van der Waals surface area contributed by atoms with E-state index in [1.807, 2.05) is 0 Å². The van der Waals surface area contributed by atoms with E-state index in [2.05, 4.69) is 28.4 Å². The summed E-state index contributed by atoms with van der Waals surface area (Å²) in [6.45, 7) is 4.94. The fraction of sp³-hybridized carbons (Fsp3) is 0.750. The van der Waals surface area contributed by atoms with E-state index in [9.17, 15) is 0 Å². The first kappa shape index (κ1) is 21.9. The predicted molar refractivity (Wildman–Crippen MR) is 120 cm³/mol. The van der Waals surface area contributed by atoms with Gasteiger partial charge >= 0.3 is 0 Å². The number of piperidine rings is 1. The molecule has 4 heteroatoms. The minimum Gasteiger partial charge on any atom is -0.496 e. The van der Waals surface area contributed by atoms with E-state index in [1.54, 1.807) is 7.11 Å². The van der Waals surface area contributed by atoms with Crippen LogP contribution < -0.4 is 10.1 Å². The molecule has 0 radical (unpaired) electrons. The maximum Gasteiger partial charge on any atom is 0.122 e. The molecule has 1 aromatic rings. The second kappa shape index (κ2) is 10.8. The summed E-state index contributed by atoms with van der Waals surface area (Å²) in [5.41, 5.74) is 2.90. The molecule has 1 heterocycles. The molecule has 1 saturated carbocycles. The first-order valence-electron chi connectivity index (χ1n) is 11.5. The van der Waals surface area contributed by atoms with Crippen LogP contribution in [0, 0.1) is 11.8 Å². The zero-order valence-corrected chi connectivity index (χ0v) is 18.4. The van der Waals surface area contributed by atoms with Crippen molar-refractivity contribution in [1.29, 1.82) is 0 Å². The number of nitrogens with zero attached hydrogens (tertiary/aromatic N) is 1. The zero-order chi connectivity index (χ0) is 18.5. The quantitative estimate of drug-likeness (QED) is 0.686. The molecule has 4 rings (SSSR count). The lowest BCUT2D eigenvalue weighted by molar-refractivity contribution is 0.127. The Hall–Kier alpha value is -0.770. The van der Waals surface area contributed by atoms with Crippen LogP contribution in [0.2, 0.25) is 0 Å². The van der Waals surface area contributed by atoms with Crippen LogP contribution in [0.1, 0.15) is 75.0 Å². The summed E-state index contributed by atoms with van der Waals surface area (Å²) < 4.78 is 5.58. The summed E-state index contributed by atoms with van der Waals surface area (Å²) in [5, 5.41) is 3.85. The summed E-state index contributed by atoms with van der Waals surface area (Å²) in [6.07, 6.45) is 14.0. The Kier molecular flexibility index (Phi) is 8.50. The van der Waals surface area contributed by atoms with Crippen LogP contribution in [0.25, 0.3) is 0 Å². The van der Waals surface area contributed by atoms with Crippen molar-refractivity contribution in [3.8, 4) is 5.75 Å². The zero-order valence-electron chi connectivity index (χ0n) is 17.6. The summed E-state index contributed by atoms with van der Waals surface area (Å²) >= 11 is 0. The van der Waals surface area contributed by atoms with Gasteiger partial charge in [0.15, 0.2) is 0 Å². The van der Waals surface area contributed by atoms with Crippen LogP contribution in [0.5, 0.6) is 5.75 Å². The highest BCUT2D eigenvalue weighted by atomic mass is 35.5. The van der Waals surface area contributed by atoms with Gasteiger partial charge in [-0.1, -0.05) is 44.2 Å². The summed E-state index contributed by atoms with van der Waals surface area (Å²) in [5.74, 6) is 3.14. The number of benzene rings is 1. The van der Waals surface area contributed by atoms with Crippen LogP contribution in [-0.4, -0.2) is 38.2 Å². The van der Waals surface area contributed by atoms with Gasteiger partial charge in [0.2, 0.25) is 0 Å². The van der Waals surface area contributed by atoms with Crippen molar-refractivity contribution in [3.63, 3.8) is 0 Å². The highest BCUT2D eigenvalue weighted by Gasteiger charge is 2.28. The fourth-order valence-corrected chi connectivity index (χ4v) is 5.87. The molecule has 28 heavy (non-hydrogen) atoms. The van der Waals surface area contributed by atoms with Gasteiger partial charge in [-0.3, -0.25) is 0 Å². The monoisotopic (exact) mass is 406 g/mol. The van der Waals surface area contributed by atoms with Gasteiger partial charge in [-0.05, 0) is 74.2 Å². The topological polar surface area (TPSA) is 24.5 Å². The number of methoxy groups -OCH3 is 1. The summed E-state index contributed by atoms with van der Waals surface area (Å²) in [6, 6.07) is 7.05. The van der Waals surface area contributed by atoms with Gasteiger partial charge in [-0.15, -0.1) is 12.4 Å². The number of halogens is 1. The molecule has 158 valence electrons. The second-order valence-corrected chi connectivity index (χ2v) is 9.00. The van der Waals surface area contributed by atoms with Crippen molar-refractivity contribution in [3.05, 3.63) is 29.3 Å². The minimum absolute atomic E-state index is 0. The Bertz CT molecular complexity index is 594. The molecule has 2 aliphatic carbocycles. The largest absolute Gasteiger partial charge is 0.496 e. The van der Waals surface area contributed by atoms with Crippen LogP contribution in [-0.2, 0) is 6.42 Å². The number of fused-ring (bicyclic) bond motifs is 1. The summed E-state index contributed by atoms with van der Waals surface area (Å²) in [4.78, 5) is 2.70. The van der Waals surface area contributed by atoms with E-state index in [4.69, 9.17) is 4.74 Å². The average Bonchev–Trinajstić information content (AvgIpc) is 2.74. The van der Waals surface area contributed by atoms with Crippen molar-refractivity contribution in [2.45, 2.75) is 70.3 Å². The van der Waals surface area contributed by atoms with Gasteiger partial charge in [-0.25, -0.2) is 0 Å². The normalized spacial score (nSPS) is 24.4. The molecule has 1 unspecified atom stereocenters.